The number of oxime groups is 1. The highest BCUT2D eigenvalue weighted by Crippen LogP contribution is 2.21. The van der Waals surface area contributed by atoms with Crippen LogP contribution >= 0.6 is 0 Å². The van der Waals surface area contributed by atoms with Gasteiger partial charge in [0.2, 0.25) is 0 Å². The third kappa shape index (κ3) is 4.74. The lowest BCUT2D eigenvalue weighted by Gasteiger charge is -2.07. The first-order valence-electron chi connectivity index (χ1n) is 5.81. The smallest absolute Gasteiger partial charge is 0.255 e. The number of amides is 1. The van der Waals surface area contributed by atoms with Crippen molar-refractivity contribution >= 4 is 11.7 Å². The number of hydrogen-bond donors (Lipinski definition) is 5. The second kappa shape index (κ2) is 7.10. The van der Waals surface area contributed by atoms with Gasteiger partial charge in [0.15, 0.2) is 0 Å². The Labute approximate surface area is 110 Å². The van der Waals surface area contributed by atoms with E-state index in [2.05, 4.69) is 10.5 Å². The molecule has 0 aromatic heterocycles. The van der Waals surface area contributed by atoms with E-state index in [1.54, 1.807) is 0 Å². The first kappa shape index (κ1) is 14.6. The number of carbonyl (C=O) groups excluding carboxylic acids is 1. The largest absolute Gasteiger partial charge is 0.508 e. The minimum absolute atomic E-state index is 0.0245. The summed E-state index contributed by atoms with van der Waals surface area (Å²) in [5.41, 5.74) is 5.32. The number of nitrogens with two attached hydrogens (primary N) is 1. The molecule has 1 amide bonds. The molecule has 0 saturated heterocycles. The molecule has 0 heterocycles. The normalized spacial score (nSPS) is 11.3. The number of unbranched alkanes of at least 4 members (excludes halogenated alkanes) is 1. The fourth-order valence-corrected chi connectivity index (χ4v) is 1.48. The van der Waals surface area contributed by atoms with Crippen molar-refractivity contribution in [3.05, 3.63) is 23.8 Å². The van der Waals surface area contributed by atoms with E-state index in [1.165, 1.54) is 18.2 Å². The molecule has 1 aromatic carbocycles. The summed E-state index contributed by atoms with van der Waals surface area (Å²) in [6.07, 6.45) is 1.77. The van der Waals surface area contributed by atoms with Gasteiger partial charge in [-0.2, -0.15) is 0 Å². The molecule has 0 saturated carbocycles. The number of phenolic OH excluding ortho intramolecular Hbond substituents is 2. The summed E-state index contributed by atoms with van der Waals surface area (Å²) < 4.78 is 0. The third-order valence-electron chi connectivity index (χ3n) is 2.50. The molecule has 1 aromatic rings. The summed E-state index contributed by atoms with van der Waals surface area (Å²) in [5.74, 6) is -0.587. The van der Waals surface area contributed by atoms with Crippen LogP contribution in [0.3, 0.4) is 0 Å². The van der Waals surface area contributed by atoms with Crippen LogP contribution in [0.1, 0.15) is 29.6 Å². The lowest BCUT2D eigenvalue weighted by molar-refractivity contribution is 0.0950. The van der Waals surface area contributed by atoms with Crippen LogP contribution in [-0.2, 0) is 0 Å². The molecular weight excluding hydrogens is 250 g/mol. The van der Waals surface area contributed by atoms with E-state index in [1.807, 2.05) is 0 Å². The number of nitrogens with zero attached hydrogens (tertiary/aromatic N) is 1. The Kier molecular flexibility index (Phi) is 5.46. The number of carbonyl (C=O) groups is 1. The van der Waals surface area contributed by atoms with Crippen LogP contribution in [0.5, 0.6) is 11.5 Å². The van der Waals surface area contributed by atoms with Gasteiger partial charge in [0.05, 0.1) is 5.56 Å². The van der Waals surface area contributed by atoms with Gasteiger partial charge in [-0.15, -0.1) is 0 Å². The molecule has 7 heteroatoms. The minimum atomic E-state index is -0.461. The van der Waals surface area contributed by atoms with Crippen molar-refractivity contribution in [2.75, 3.05) is 6.54 Å². The van der Waals surface area contributed by atoms with E-state index >= 15 is 0 Å². The molecule has 6 N–H and O–H groups in total. The van der Waals surface area contributed by atoms with Gasteiger partial charge in [0.1, 0.15) is 17.3 Å². The topological polar surface area (TPSA) is 128 Å². The maximum absolute atomic E-state index is 11.7. The highest BCUT2D eigenvalue weighted by atomic mass is 16.4. The Hall–Kier alpha value is -2.44. The van der Waals surface area contributed by atoms with Gasteiger partial charge < -0.3 is 26.5 Å². The summed E-state index contributed by atoms with van der Waals surface area (Å²) in [4.78, 5) is 11.7. The zero-order chi connectivity index (χ0) is 14.3. The fourth-order valence-electron chi connectivity index (χ4n) is 1.48. The molecule has 7 nitrogen and oxygen atoms in total. The van der Waals surface area contributed by atoms with Gasteiger partial charge in [-0.05, 0) is 31.0 Å². The summed E-state index contributed by atoms with van der Waals surface area (Å²) in [6.45, 7) is 0.395. The molecule has 0 aliphatic heterocycles. The van der Waals surface area contributed by atoms with E-state index in [-0.39, 0.29) is 22.9 Å². The Balaban J connectivity index is 2.37. The Morgan fingerprint density at radius 3 is 2.74 bits per heavy atom. The average Bonchev–Trinajstić information content (AvgIpc) is 2.40. The van der Waals surface area contributed by atoms with Crippen molar-refractivity contribution in [1.29, 1.82) is 0 Å². The predicted molar refractivity (Wildman–Crippen MR) is 69.4 cm³/mol. The SMILES string of the molecule is N/C(CCCCNC(=O)c1cc(O)ccc1O)=N/O. The zero-order valence-corrected chi connectivity index (χ0v) is 10.3. The van der Waals surface area contributed by atoms with Crippen LogP contribution in [0.15, 0.2) is 23.4 Å². The van der Waals surface area contributed by atoms with Gasteiger partial charge in [0.25, 0.3) is 5.91 Å². The number of rotatable bonds is 6. The second-order valence-electron chi connectivity index (χ2n) is 4.01. The molecule has 0 spiro atoms. The number of phenols is 2. The first-order valence-corrected chi connectivity index (χ1v) is 5.81. The van der Waals surface area contributed by atoms with Gasteiger partial charge in [-0.25, -0.2) is 0 Å². The summed E-state index contributed by atoms with van der Waals surface area (Å²) in [7, 11) is 0. The van der Waals surface area contributed by atoms with E-state index in [9.17, 15) is 15.0 Å². The fraction of sp³-hybridized carbons (Fsp3) is 0.333. The van der Waals surface area contributed by atoms with Crippen molar-refractivity contribution in [2.45, 2.75) is 19.3 Å². The molecule has 0 fully saturated rings. The highest BCUT2D eigenvalue weighted by molar-refractivity contribution is 5.97. The molecule has 0 bridgehead atoms. The minimum Gasteiger partial charge on any atom is -0.508 e. The van der Waals surface area contributed by atoms with Crippen molar-refractivity contribution in [2.24, 2.45) is 10.9 Å². The van der Waals surface area contributed by atoms with E-state index < -0.39 is 5.91 Å². The molecule has 0 atom stereocenters. The summed E-state index contributed by atoms with van der Waals surface area (Å²) >= 11 is 0. The van der Waals surface area contributed by atoms with Crippen LogP contribution in [0.4, 0.5) is 0 Å². The number of benzene rings is 1. The van der Waals surface area contributed by atoms with E-state index in [0.717, 1.165) is 0 Å². The number of aromatic hydroxyl groups is 2. The monoisotopic (exact) mass is 267 g/mol. The highest BCUT2D eigenvalue weighted by Gasteiger charge is 2.11. The standard InChI is InChI=1S/C12H17N3O4/c13-11(15-19)3-1-2-6-14-12(18)9-7-8(16)4-5-10(9)17/h4-5,7,16-17,19H,1-3,6H2,(H2,13,15)(H,14,18). The van der Waals surface area contributed by atoms with E-state index in [0.29, 0.717) is 25.8 Å². The summed E-state index contributed by atoms with van der Waals surface area (Å²) in [5, 5.41) is 32.5. The van der Waals surface area contributed by atoms with Gasteiger partial charge in [-0.1, -0.05) is 5.16 Å². The van der Waals surface area contributed by atoms with Crippen LogP contribution in [0.25, 0.3) is 0 Å². The van der Waals surface area contributed by atoms with E-state index in [4.69, 9.17) is 10.9 Å². The molecular formula is C12H17N3O4. The number of amidine groups is 1. The van der Waals surface area contributed by atoms with Crippen molar-refractivity contribution in [1.82, 2.24) is 5.32 Å². The quantitative estimate of drug-likeness (QED) is 0.130. The molecule has 1 rings (SSSR count). The average molecular weight is 267 g/mol. The Bertz CT molecular complexity index is 474. The molecule has 19 heavy (non-hydrogen) atoms. The van der Waals surface area contributed by atoms with Crippen LogP contribution in [0.2, 0.25) is 0 Å². The van der Waals surface area contributed by atoms with Crippen molar-refractivity contribution in [3.63, 3.8) is 0 Å². The van der Waals surface area contributed by atoms with Gasteiger partial charge in [-0.3, -0.25) is 4.79 Å². The Morgan fingerprint density at radius 2 is 2.05 bits per heavy atom. The lowest BCUT2D eigenvalue weighted by atomic mass is 10.1. The van der Waals surface area contributed by atoms with Crippen molar-refractivity contribution in [3.8, 4) is 11.5 Å². The predicted octanol–water partition coefficient (Wildman–Crippen LogP) is 0.744. The molecule has 0 aliphatic carbocycles. The maximum atomic E-state index is 11.7. The maximum Gasteiger partial charge on any atom is 0.255 e. The van der Waals surface area contributed by atoms with Gasteiger partial charge >= 0.3 is 0 Å². The van der Waals surface area contributed by atoms with Gasteiger partial charge in [0, 0.05) is 13.0 Å². The first-order chi connectivity index (χ1) is 9.04. The number of nitrogens with one attached hydrogen (secondary N) is 1. The van der Waals surface area contributed by atoms with Crippen molar-refractivity contribution < 1.29 is 20.2 Å². The number of hydrogen-bond acceptors (Lipinski definition) is 5. The van der Waals surface area contributed by atoms with Crippen LogP contribution < -0.4 is 11.1 Å². The second-order valence-corrected chi connectivity index (χ2v) is 4.01. The van der Waals surface area contributed by atoms with Crippen LogP contribution in [-0.4, -0.2) is 33.7 Å². The third-order valence-corrected chi connectivity index (χ3v) is 2.50. The Morgan fingerprint density at radius 1 is 1.32 bits per heavy atom. The summed E-state index contributed by atoms with van der Waals surface area (Å²) in [6, 6.07) is 3.74. The molecule has 104 valence electrons. The molecule has 0 unspecified atom stereocenters. The molecule has 0 radical (unpaired) electrons. The van der Waals surface area contributed by atoms with Crippen LogP contribution in [0, 0.1) is 0 Å². The lowest BCUT2D eigenvalue weighted by Crippen LogP contribution is -2.24. The zero-order valence-electron chi connectivity index (χ0n) is 10.3. The molecule has 0 aliphatic rings.